The molecular weight excluding hydrogens is 369 g/mol. The molecule has 7 heteroatoms. The minimum Gasteiger partial charge on any atom is -0.492 e. The topological polar surface area (TPSA) is 55.4 Å². The van der Waals surface area contributed by atoms with Crippen LogP contribution in [-0.4, -0.2) is 21.6 Å². The van der Waals surface area contributed by atoms with Crippen LogP contribution in [0.15, 0.2) is 42.5 Å². The molecule has 0 aliphatic heterocycles. The number of hydrogen-bond acceptors (Lipinski definition) is 3. The molecule has 2 aromatic rings. The van der Waals surface area contributed by atoms with Gasteiger partial charge in [0, 0.05) is 16.6 Å². The molecule has 1 N–H and O–H groups in total. The van der Waals surface area contributed by atoms with E-state index in [1.807, 2.05) is 24.3 Å². The lowest BCUT2D eigenvalue weighted by Gasteiger charge is -2.10. The third-order valence-electron chi connectivity index (χ3n) is 3.39. The van der Waals surface area contributed by atoms with Crippen molar-refractivity contribution in [2.24, 2.45) is 0 Å². The molecule has 0 atom stereocenters. The van der Waals surface area contributed by atoms with Crippen LogP contribution >= 0.6 is 23.2 Å². The Balaban J connectivity index is 1.81. The molecule has 0 spiro atoms. The van der Waals surface area contributed by atoms with E-state index in [0.717, 1.165) is 6.42 Å². The van der Waals surface area contributed by atoms with E-state index < -0.39 is 10.0 Å². The Morgan fingerprint density at radius 3 is 2.42 bits per heavy atom. The van der Waals surface area contributed by atoms with Gasteiger partial charge < -0.3 is 4.74 Å². The van der Waals surface area contributed by atoms with Gasteiger partial charge in [-0.1, -0.05) is 48.3 Å². The van der Waals surface area contributed by atoms with Crippen molar-refractivity contribution in [3.05, 3.63) is 63.6 Å². The molecule has 0 fully saturated rings. The summed E-state index contributed by atoms with van der Waals surface area (Å²) in [5.74, 6) is 0.515. The lowest BCUT2D eigenvalue weighted by Crippen LogP contribution is -2.29. The summed E-state index contributed by atoms with van der Waals surface area (Å²) in [6.07, 6.45) is 0.966. The van der Waals surface area contributed by atoms with Crippen molar-refractivity contribution >= 4 is 33.2 Å². The molecule has 0 saturated heterocycles. The largest absolute Gasteiger partial charge is 0.492 e. The fourth-order valence-corrected chi connectivity index (χ4v) is 3.79. The fourth-order valence-electron chi connectivity index (χ4n) is 2.08. The summed E-state index contributed by atoms with van der Waals surface area (Å²) in [7, 11) is -3.49. The van der Waals surface area contributed by atoms with Gasteiger partial charge in [-0.05, 0) is 41.8 Å². The van der Waals surface area contributed by atoms with Crippen LogP contribution in [0.25, 0.3) is 0 Å². The summed E-state index contributed by atoms with van der Waals surface area (Å²) in [5.41, 5.74) is 1.73. The number of benzene rings is 2. The number of ether oxygens (including phenoxy) is 1. The molecular formula is C17H19Cl2NO3S. The lowest BCUT2D eigenvalue weighted by molar-refractivity contribution is 0.322. The Kier molecular flexibility index (Phi) is 6.92. The monoisotopic (exact) mass is 387 g/mol. The van der Waals surface area contributed by atoms with Crippen LogP contribution in [0.5, 0.6) is 5.75 Å². The third-order valence-corrected chi connectivity index (χ3v) is 5.31. The molecule has 0 heterocycles. The summed E-state index contributed by atoms with van der Waals surface area (Å²) in [5, 5.41) is 0.803. The van der Waals surface area contributed by atoms with E-state index in [-0.39, 0.29) is 18.9 Å². The van der Waals surface area contributed by atoms with Gasteiger partial charge in [0.25, 0.3) is 0 Å². The first-order valence-corrected chi connectivity index (χ1v) is 9.93. The van der Waals surface area contributed by atoms with Crippen LogP contribution in [0, 0.1) is 0 Å². The zero-order valence-electron chi connectivity index (χ0n) is 13.3. The number of rotatable bonds is 8. The normalized spacial score (nSPS) is 11.5. The Bertz CT molecular complexity index is 777. The summed E-state index contributed by atoms with van der Waals surface area (Å²) in [6, 6.07) is 12.5. The molecule has 0 aliphatic rings. The van der Waals surface area contributed by atoms with Crippen molar-refractivity contribution in [2.45, 2.75) is 19.1 Å². The van der Waals surface area contributed by atoms with Crippen LogP contribution in [0.3, 0.4) is 0 Å². The van der Waals surface area contributed by atoms with Crippen molar-refractivity contribution in [3.63, 3.8) is 0 Å². The van der Waals surface area contributed by atoms with Gasteiger partial charge in [-0.25, -0.2) is 13.1 Å². The predicted molar refractivity (Wildman–Crippen MR) is 98.4 cm³/mol. The van der Waals surface area contributed by atoms with Crippen molar-refractivity contribution in [3.8, 4) is 5.75 Å². The van der Waals surface area contributed by atoms with Crippen molar-refractivity contribution in [1.82, 2.24) is 4.72 Å². The highest BCUT2D eigenvalue weighted by atomic mass is 35.5. The first kappa shape index (κ1) is 19.1. The first-order valence-electron chi connectivity index (χ1n) is 7.52. The Morgan fingerprint density at radius 2 is 1.79 bits per heavy atom. The molecule has 24 heavy (non-hydrogen) atoms. The van der Waals surface area contributed by atoms with E-state index in [4.69, 9.17) is 27.9 Å². The van der Waals surface area contributed by atoms with E-state index in [1.165, 1.54) is 11.6 Å². The molecule has 0 aromatic heterocycles. The number of sulfonamides is 1. The van der Waals surface area contributed by atoms with Crippen LogP contribution in [0.4, 0.5) is 0 Å². The number of nitrogens with one attached hydrogen (secondary N) is 1. The van der Waals surface area contributed by atoms with Gasteiger partial charge in [0.05, 0.1) is 5.75 Å². The summed E-state index contributed by atoms with van der Waals surface area (Å²) >= 11 is 11.8. The second-order valence-electron chi connectivity index (χ2n) is 5.24. The zero-order valence-corrected chi connectivity index (χ0v) is 15.6. The molecule has 0 saturated carbocycles. The van der Waals surface area contributed by atoms with Crippen molar-refractivity contribution < 1.29 is 13.2 Å². The van der Waals surface area contributed by atoms with Gasteiger partial charge in [-0.15, -0.1) is 0 Å². The molecule has 0 radical (unpaired) electrons. The Hall–Kier alpha value is -1.27. The first-order chi connectivity index (χ1) is 11.4. The van der Waals surface area contributed by atoms with Crippen molar-refractivity contribution in [1.29, 1.82) is 0 Å². The molecule has 0 amide bonds. The highest BCUT2D eigenvalue weighted by Gasteiger charge is 2.13. The summed E-state index contributed by atoms with van der Waals surface area (Å²) in [4.78, 5) is 0. The van der Waals surface area contributed by atoms with E-state index in [2.05, 4.69) is 11.6 Å². The molecule has 2 rings (SSSR count). The second-order valence-corrected chi connectivity index (χ2v) is 7.89. The number of halogens is 2. The van der Waals surface area contributed by atoms with Gasteiger partial charge >= 0.3 is 0 Å². The molecule has 0 bridgehead atoms. The van der Waals surface area contributed by atoms with E-state index in [0.29, 0.717) is 21.4 Å². The average molecular weight is 388 g/mol. The minimum absolute atomic E-state index is 0.184. The van der Waals surface area contributed by atoms with Gasteiger partial charge in [0.1, 0.15) is 12.4 Å². The zero-order chi connectivity index (χ0) is 17.6. The lowest BCUT2D eigenvalue weighted by atomic mass is 10.2. The quantitative estimate of drug-likeness (QED) is 0.694. The van der Waals surface area contributed by atoms with Crippen LogP contribution < -0.4 is 9.46 Å². The van der Waals surface area contributed by atoms with E-state index >= 15 is 0 Å². The standard InChI is InChI=1S/C17H19Cl2NO3S/c1-2-13-3-7-16(8-4-13)23-10-9-20-24(21,22)12-14-5-6-15(18)11-17(14)19/h3-8,11,20H,2,9-10,12H2,1H3. The SMILES string of the molecule is CCc1ccc(OCCNS(=O)(=O)Cc2ccc(Cl)cc2Cl)cc1. The second kappa shape index (κ2) is 8.72. The van der Waals surface area contributed by atoms with E-state index in [9.17, 15) is 8.42 Å². The molecule has 0 unspecified atom stereocenters. The van der Waals surface area contributed by atoms with Gasteiger partial charge in [-0.2, -0.15) is 0 Å². The van der Waals surface area contributed by atoms with Crippen LogP contribution in [-0.2, 0) is 22.2 Å². The number of aryl methyl sites for hydroxylation is 1. The maximum atomic E-state index is 12.1. The molecule has 0 aliphatic carbocycles. The molecule has 2 aromatic carbocycles. The summed E-state index contributed by atoms with van der Waals surface area (Å²) in [6.45, 7) is 2.51. The summed E-state index contributed by atoms with van der Waals surface area (Å²) < 4.78 is 32.2. The highest BCUT2D eigenvalue weighted by molar-refractivity contribution is 7.88. The average Bonchev–Trinajstić information content (AvgIpc) is 2.55. The van der Waals surface area contributed by atoms with Crippen molar-refractivity contribution in [2.75, 3.05) is 13.2 Å². The smallest absolute Gasteiger partial charge is 0.215 e. The Labute approximate surface area is 152 Å². The maximum Gasteiger partial charge on any atom is 0.215 e. The van der Waals surface area contributed by atoms with Crippen LogP contribution in [0.2, 0.25) is 10.0 Å². The predicted octanol–water partition coefficient (Wildman–Crippen LogP) is 4.05. The van der Waals surface area contributed by atoms with Gasteiger partial charge in [0.2, 0.25) is 10.0 Å². The molecule has 4 nitrogen and oxygen atoms in total. The maximum absolute atomic E-state index is 12.1. The third kappa shape index (κ3) is 5.98. The Morgan fingerprint density at radius 1 is 1.08 bits per heavy atom. The highest BCUT2D eigenvalue weighted by Crippen LogP contribution is 2.22. The van der Waals surface area contributed by atoms with Crippen LogP contribution in [0.1, 0.15) is 18.1 Å². The molecule has 130 valence electrons. The van der Waals surface area contributed by atoms with Gasteiger partial charge in [0.15, 0.2) is 0 Å². The van der Waals surface area contributed by atoms with Gasteiger partial charge in [-0.3, -0.25) is 0 Å². The number of hydrogen-bond donors (Lipinski definition) is 1. The minimum atomic E-state index is -3.49. The fraction of sp³-hybridized carbons (Fsp3) is 0.294. The van der Waals surface area contributed by atoms with E-state index in [1.54, 1.807) is 12.1 Å².